The fraction of sp³-hybridized carbons (Fsp3) is 0.615. The smallest absolute Gasteiger partial charge is 0.0573 e. The molecule has 0 aliphatic carbocycles. The zero-order valence-electron chi connectivity index (χ0n) is 10.4. The monoisotopic (exact) mass is 235 g/mol. The van der Waals surface area contributed by atoms with Crippen LogP contribution in [0.2, 0.25) is 0 Å². The van der Waals surface area contributed by atoms with E-state index in [-0.39, 0.29) is 6.61 Å². The summed E-state index contributed by atoms with van der Waals surface area (Å²) in [5.41, 5.74) is 2.24. The minimum Gasteiger partial charge on any atom is -0.396 e. The summed E-state index contributed by atoms with van der Waals surface area (Å²) in [7, 11) is 0. The van der Waals surface area contributed by atoms with Gasteiger partial charge in [0.15, 0.2) is 0 Å². The molecular weight excluding hydrogens is 214 g/mol. The number of rotatable bonds is 5. The third kappa shape index (κ3) is 3.09. The minimum atomic E-state index is 0.289. The van der Waals surface area contributed by atoms with Crippen molar-refractivity contribution in [2.24, 2.45) is 5.92 Å². The van der Waals surface area contributed by atoms with Gasteiger partial charge in [-0.05, 0) is 18.9 Å². The molecule has 0 radical (unpaired) electrons. The summed E-state index contributed by atoms with van der Waals surface area (Å²) >= 11 is 0. The number of anilines is 2. The van der Waals surface area contributed by atoms with Crippen LogP contribution in [0.1, 0.15) is 19.8 Å². The van der Waals surface area contributed by atoms with Crippen LogP contribution >= 0.6 is 0 Å². The van der Waals surface area contributed by atoms with Crippen molar-refractivity contribution in [3.8, 4) is 0 Å². The molecule has 2 N–H and O–H groups in total. The first-order chi connectivity index (χ1) is 8.33. The standard InChI is InChI=1S/C13H21N3O/c1-2-4-15-12-6-13(8-14-7-12)16-5-3-11(9-16)10-17/h6-8,11,15,17H,2-5,9-10H2,1H3. The first-order valence-corrected chi connectivity index (χ1v) is 6.38. The molecule has 0 saturated carbocycles. The van der Waals surface area contributed by atoms with Crippen LogP contribution < -0.4 is 10.2 Å². The lowest BCUT2D eigenvalue weighted by atomic mass is 10.1. The fourth-order valence-electron chi connectivity index (χ4n) is 2.18. The number of hydrogen-bond acceptors (Lipinski definition) is 4. The van der Waals surface area contributed by atoms with Crippen LogP contribution in [-0.4, -0.2) is 36.3 Å². The summed E-state index contributed by atoms with van der Waals surface area (Å²) in [6, 6.07) is 2.14. The molecule has 2 rings (SSSR count). The lowest BCUT2D eigenvalue weighted by Gasteiger charge is -2.18. The molecule has 0 aromatic carbocycles. The van der Waals surface area contributed by atoms with E-state index in [1.54, 1.807) is 0 Å². The van der Waals surface area contributed by atoms with Gasteiger partial charge in [-0.25, -0.2) is 0 Å². The van der Waals surface area contributed by atoms with Crippen LogP contribution in [0, 0.1) is 5.92 Å². The van der Waals surface area contributed by atoms with E-state index in [0.717, 1.165) is 43.9 Å². The zero-order valence-corrected chi connectivity index (χ0v) is 10.4. The number of hydrogen-bond donors (Lipinski definition) is 2. The molecule has 1 aliphatic heterocycles. The minimum absolute atomic E-state index is 0.289. The molecule has 0 spiro atoms. The molecule has 1 aliphatic rings. The quantitative estimate of drug-likeness (QED) is 0.816. The molecule has 17 heavy (non-hydrogen) atoms. The van der Waals surface area contributed by atoms with Crippen LogP contribution in [0.25, 0.3) is 0 Å². The van der Waals surface area contributed by atoms with Crippen LogP contribution in [0.5, 0.6) is 0 Å². The van der Waals surface area contributed by atoms with Gasteiger partial charge in [0.05, 0.1) is 23.8 Å². The number of aromatic nitrogens is 1. The van der Waals surface area contributed by atoms with Gasteiger partial charge in [-0.15, -0.1) is 0 Å². The molecule has 1 unspecified atom stereocenters. The highest BCUT2D eigenvalue weighted by molar-refractivity contribution is 5.56. The van der Waals surface area contributed by atoms with Crippen molar-refractivity contribution < 1.29 is 5.11 Å². The Hall–Kier alpha value is -1.29. The molecule has 1 atom stereocenters. The molecular formula is C13H21N3O. The van der Waals surface area contributed by atoms with Crippen LogP contribution in [0.15, 0.2) is 18.5 Å². The molecule has 1 saturated heterocycles. The van der Waals surface area contributed by atoms with Crippen molar-refractivity contribution in [2.75, 3.05) is 36.5 Å². The Balaban J connectivity index is 2.01. The second-order valence-electron chi connectivity index (χ2n) is 4.64. The summed E-state index contributed by atoms with van der Waals surface area (Å²) in [6.45, 7) is 5.37. The second kappa shape index (κ2) is 5.87. The average molecular weight is 235 g/mol. The van der Waals surface area contributed by atoms with Gasteiger partial charge in [0.2, 0.25) is 0 Å². The van der Waals surface area contributed by atoms with E-state index in [2.05, 4.69) is 28.2 Å². The van der Waals surface area contributed by atoms with Gasteiger partial charge < -0.3 is 15.3 Å². The summed E-state index contributed by atoms with van der Waals surface area (Å²) in [5.74, 6) is 0.419. The third-order valence-corrected chi connectivity index (χ3v) is 3.21. The largest absolute Gasteiger partial charge is 0.396 e. The summed E-state index contributed by atoms with van der Waals surface area (Å²) in [6.07, 6.45) is 5.94. The second-order valence-corrected chi connectivity index (χ2v) is 4.64. The topological polar surface area (TPSA) is 48.4 Å². The Morgan fingerprint density at radius 3 is 3.12 bits per heavy atom. The van der Waals surface area contributed by atoms with E-state index in [1.807, 2.05) is 12.4 Å². The molecule has 0 amide bonds. The van der Waals surface area contributed by atoms with Gasteiger partial charge in [-0.1, -0.05) is 6.92 Å². The van der Waals surface area contributed by atoms with Gasteiger partial charge in [-0.2, -0.15) is 0 Å². The van der Waals surface area contributed by atoms with E-state index in [0.29, 0.717) is 5.92 Å². The summed E-state index contributed by atoms with van der Waals surface area (Å²) in [5, 5.41) is 12.5. The predicted molar refractivity (Wildman–Crippen MR) is 70.4 cm³/mol. The van der Waals surface area contributed by atoms with Crippen molar-refractivity contribution in [1.29, 1.82) is 0 Å². The Kier molecular flexibility index (Phi) is 4.20. The molecule has 1 aromatic heterocycles. The molecule has 4 nitrogen and oxygen atoms in total. The average Bonchev–Trinajstić information content (AvgIpc) is 2.85. The lowest BCUT2D eigenvalue weighted by molar-refractivity contribution is 0.238. The van der Waals surface area contributed by atoms with Crippen molar-refractivity contribution in [3.63, 3.8) is 0 Å². The fourth-order valence-corrected chi connectivity index (χ4v) is 2.18. The normalized spacial score (nSPS) is 19.6. The van der Waals surface area contributed by atoms with E-state index < -0.39 is 0 Å². The molecule has 1 aromatic rings. The lowest BCUT2D eigenvalue weighted by Crippen LogP contribution is -2.20. The van der Waals surface area contributed by atoms with Gasteiger partial charge in [0.25, 0.3) is 0 Å². The van der Waals surface area contributed by atoms with E-state index in [4.69, 9.17) is 5.11 Å². The summed E-state index contributed by atoms with van der Waals surface area (Å²) < 4.78 is 0. The highest BCUT2D eigenvalue weighted by Gasteiger charge is 2.22. The van der Waals surface area contributed by atoms with Crippen LogP contribution in [0.4, 0.5) is 11.4 Å². The van der Waals surface area contributed by atoms with Crippen molar-refractivity contribution in [1.82, 2.24) is 4.98 Å². The van der Waals surface area contributed by atoms with Crippen LogP contribution in [0.3, 0.4) is 0 Å². The van der Waals surface area contributed by atoms with E-state index in [1.165, 1.54) is 0 Å². The first kappa shape index (κ1) is 12.2. The molecule has 2 heterocycles. The third-order valence-electron chi connectivity index (χ3n) is 3.21. The Morgan fingerprint density at radius 1 is 1.53 bits per heavy atom. The number of aliphatic hydroxyl groups excluding tert-OH is 1. The van der Waals surface area contributed by atoms with E-state index in [9.17, 15) is 0 Å². The van der Waals surface area contributed by atoms with Crippen molar-refractivity contribution >= 4 is 11.4 Å². The molecule has 4 heteroatoms. The predicted octanol–water partition coefficient (Wildman–Crippen LogP) is 1.72. The summed E-state index contributed by atoms with van der Waals surface area (Å²) in [4.78, 5) is 6.56. The van der Waals surface area contributed by atoms with Gasteiger partial charge in [0.1, 0.15) is 0 Å². The SMILES string of the molecule is CCCNc1cncc(N2CCC(CO)C2)c1. The molecule has 0 bridgehead atoms. The van der Waals surface area contributed by atoms with Gasteiger partial charge in [0, 0.05) is 32.2 Å². The van der Waals surface area contributed by atoms with Crippen molar-refractivity contribution in [2.45, 2.75) is 19.8 Å². The van der Waals surface area contributed by atoms with Crippen molar-refractivity contribution in [3.05, 3.63) is 18.5 Å². The van der Waals surface area contributed by atoms with E-state index >= 15 is 0 Å². The number of nitrogens with zero attached hydrogens (tertiary/aromatic N) is 2. The Morgan fingerprint density at radius 2 is 2.41 bits per heavy atom. The maximum atomic E-state index is 9.15. The van der Waals surface area contributed by atoms with Crippen LogP contribution in [-0.2, 0) is 0 Å². The Labute approximate surface area is 103 Å². The number of pyridine rings is 1. The van der Waals surface area contributed by atoms with Gasteiger partial charge >= 0.3 is 0 Å². The number of aliphatic hydroxyl groups is 1. The maximum Gasteiger partial charge on any atom is 0.0573 e. The number of nitrogens with one attached hydrogen (secondary N) is 1. The Bertz CT molecular complexity index is 356. The maximum absolute atomic E-state index is 9.15. The highest BCUT2D eigenvalue weighted by atomic mass is 16.3. The van der Waals surface area contributed by atoms with Gasteiger partial charge in [-0.3, -0.25) is 4.98 Å². The zero-order chi connectivity index (χ0) is 12.1. The molecule has 1 fully saturated rings. The first-order valence-electron chi connectivity index (χ1n) is 6.38. The highest BCUT2D eigenvalue weighted by Crippen LogP contribution is 2.24. The molecule has 94 valence electrons.